The van der Waals surface area contributed by atoms with Crippen molar-refractivity contribution < 1.29 is 0 Å². The summed E-state index contributed by atoms with van der Waals surface area (Å²) in [5.74, 6) is 1.45. The summed E-state index contributed by atoms with van der Waals surface area (Å²) >= 11 is 0. The molecule has 0 aliphatic heterocycles. The van der Waals surface area contributed by atoms with Gasteiger partial charge in [-0.3, -0.25) is 4.68 Å². The molecule has 24 heavy (non-hydrogen) atoms. The Kier molecular flexibility index (Phi) is 3.16. The Morgan fingerprint density at radius 1 is 0.958 bits per heavy atom. The van der Waals surface area contributed by atoms with Gasteiger partial charge < -0.3 is 10.3 Å². The molecule has 5 nitrogen and oxygen atoms in total. The molecule has 0 bridgehead atoms. The third-order valence-corrected chi connectivity index (χ3v) is 4.50. The normalized spacial score (nSPS) is 11.3. The Balaban J connectivity index is 2.05. The first kappa shape index (κ1) is 14.5. The fourth-order valence-corrected chi connectivity index (χ4v) is 3.15. The van der Waals surface area contributed by atoms with Crippen molar-refractivity contribution in [2.75, 3.05) is 5.73 Å². The third kappa shape index (κ3) is 2.01. The first-order valence-corrected chi connectivity index (χ1v) is 7.88. The second-order valence-electron chi connectivity index (χ2n) is 6.03. The zero-order valence-corrected chi connectivity index (χ0v) is 14.0. The van der Waals surface area contributed by atoms with E-state index in [4.69, 9.17) is 10.7 Å². The predicted octanol–water partition coefficient (Wildman–Crippen LogP) is 3.53. The standard InChI is InChI=1S/C19H19N5/c1-12-8-4-5-9-13(12)17-16(18(20)24(3)22-17)19-21-14-10-6-7-11-15(14)23(19)2/h4-11H,20H2,1-3H3. The molecule has 0 aliphatic carbocycles. The van der Waals surface area contributed by atoms with Crippen LogP contribution < -0.4 is 5.73 Å². The van der Waals surface area contributed by atoms with E-state index < -0.39 is 0 Å². The number of nitrogens with zero attached hydrogens (tertiary/aromatic N) is 4. The number of para-hydroxylation sites is 2. The summed E-state index contributed by atoms with van der Waals surface area (Å²) in [5.41, 5.74) is 12.4. The maximum Gasteiger partial charge on any atom is 0.146 e. The summed E-state index contributed by atoms with van der Waals surface area (Å²) in [6.45, 7) is 2.08. The van der Waals surface area contributed by atoms with Gasteiger partial charge in [0.05, 0.1) is 16.6 Å². The Bertz CT molecular complexity index is 1050. The van der Waals surface area contributed by atoms with E-state index in [9.17, 15) is 0 Å². The van der Waals surface area contributed by atoms with Crippen LogP contribution in [0.3, 0.4) is 0 Å². The number of aromatic nitrogens is 4. The van der Waals surface area contributed by atoms with E-state index in [2.05, 4.69) is 34.8 Å². The van der Waals surface area contributed by atoms with E-state index in [0.717, 1.165) is 39.2 Å². The quantitative estimate of drug-likeness (QED) is 0.615. The summed E-state index contributed by atoms with van der Waals surface area (Å²) < 4.78 is 3.79. The molecular formula is C19H19N5. The van der Waals surface area contributed by atoms with E-state index >= 15 is 0 Å². The van der Waals surface area contributed by atoms with Gasteiger partial charge in [0, 0.05) is 19.7 Å². The van der Waals surface area contributed by atoms with Gasteiger partial charge in [-0.2, -0.15) is 5.10 Å². The Morgan fingerprint density at radius 2 is 1.67 bits per heavy atom. The Labute approximate surface area is 140 Å². The Hall–Kier alpha value is -3.08. The highest BCUT2D eigenvalue weighted by Gasteiger charge is 2.22. The van der Waals surface area contributed by atoms with Crippen molar-refractivity contribution >= 4 is 16.9 Å². The van der Waals surface area contributed by atoms with Gasteiger partial charge in [0.25, 0.3) is 0 Å². The van der Waals surface area contributed by atoms with Crippen molar-refractivity contribution in [1.82, 2.24) is 19.3 Å². The van der Waals surface area contributed by atoms with Gasteiger partial charge in [-0.15, -0.1) is 0 Å². The van der Waals surface area contributed by atoms with E-state index in [0.29, 0.717) is 5.82 Å². The molecule has 0 saturated heterocycles. The van der Waals surface area contributed by atoms with Crippen molar-refractivity contribution in [3.8, 4) is 22.6 Å². The number of nitrogens with two attached hydrogens (primary N) is 1. The minimum atomic E-state index is 0.617. The number of nitrogen functional groups attached to an aromatic ring is 1. The van der Waals surface area contributed by atoms with Crippen LogP contribution in [0.2, 0.25) is 0 Å². The number of hydrogen-bond donors (Lipinski definition) is 1. The summed E-state index contributed by atoms with van der Waals surface area (Å²) in [6.07, 6.45) is 0. The molecule has 0 unspecified atom stereocenters. The number of benzene rings is 2. The average molecular weight is 317 g/mol. The molecule has 120 valence electrons. The molecule has 0 fully saturated rings. The molecule has 0 spiro atoms. The molecule has 5 heteroatoms. The molecule has 0 radical (unpaired) electrons. The maximum absolute atomic E-state index is 6.36. The molecule has 2 N–H and O–H groups in total. The van der Waals surface area contributed by atoms with E-state index in [-0.39, 0.29) is 0 Å². The van der Waals surface area contributed by atoms with Crippen LogP contribution in [0.25, 0.3) is 33.7 Å². The molecule has 2 aromatic heterocycles. The topological polar surface area (TPSA) is 61.7 Å². The van der Waals surface area contributed by atoms with Crippen LogP contribution in [0.1, 0.15) is 5.56 Å². The highest BCUT2D eigenvalue weighted by atomic mass is 15.3. The number of aryl methyl sites for hydroxylation is 3. The van der Waals surface area contributed by atoms with Crippen LogP contribution in [0, 0.1) is 6.92 Å². The van der Waals surface area contributed by atoms with Crippen LogP contribution in [0.5, 0.6) is 0 Å². The fraction of sp³-hybridized carbons (Fsp3) is 0.158. The lowest BCUT2D eigenvalue weighted by atomic mass is 10.0. The Morgan fingerprint density at radius 3 is 2.42 bits per heavy atom. The second-order valence-corrected chi connectivity index (χ2v) is 6.03. The molecule has 0 amide bonds. The number of rotatable bonds is 2. The smallest absolute Gasteiger partial charge is 0.146 e. The third-order valence-electron chi connectivity index (χ3n) is 4.50. The van der Waals surface area contributed by atoms with Gasteiger partial charge in [-0.1, -0.05) is 36.4 Å². The highest BCUT2D eigenvalue weighted by Crippen LogP contribution is 2.37. The highest BCUT2D eigenvalue weighted by molar-refractivity contribution is 5.90. The van der Waals surface area contributed by atoms with Gasteiger partial charge in [0.15, 0.2) is 0 Å². The molecule has 2 heterocycles. The van der Waals surface area contributed by atoms with Crippen molar-refractivity contribution in [3.63, 3.8) is 0 Å². The maximum atomic E-state index is 6.36. The van der Waals surface area contributed by atoms with Crippen LogP contribution in [0.4, 0.5) is 5.82 Å². The van der Waals surface area contributed by atoms with Crippen molar-refractivity contribution in [3.05, 3.63) is 54.1 Å². The van der Waals surface area contributed by atoms with Gasteiger partial charge in [-0.25, -0.2) is 4.98 Å². The molecule has 4 aromatic rings. The molecule has 2 aromatic carbocycles. The van der Waals surface area contributed by atoms with Gasteiger partial charge in [0.2, 0.25) is 0 Å². The van der Waals surface area contributed by atoms with Gasteiger partial charge in [-0.05, 0) is 24.6 Å². The molecule has 0 saturated carbocycles. The molecule has 0 aliphatic rings. The van der Waals surface area contributed by atoms with E-state index in [1.54, 1.807) is 4.68 Å². The van der Waals surface area contributed by atoms with Gasteiger partial charge in [0.1, 0.15) is 17.3 Å². The zero-order chi connectivity index (χ0) is 16.8. The number of hydrogen-bond acceptors (Lipinski definition) is 3. The summed E-state index contributed by atoms with van der Waals surface area (Å²) in [4.78, 5) is 4.80. The fourth-order valence-electron chi connectivity index (χ4n) is 3.15. The second kappa shape index (κ2) is 5.23. The number of fused-ring (bicyclic) bond motifs is 1. The first-order chi connectivity index (χ1) is 11.6. The minimum Gasteiger partial charge on any atom is -0.383 e. The zero-order valence-electron chi connectivity index (χ0n) is 14.0. The number of anilines is 1. The molecular weight excluding hydrogens is 298 g/mol. The van der Waals surface area contributed by atoms with Crippen LogP contribution in [-0.4, -0.2) is 19.3 Å². The molecule has 0 atom stereocenters. The number of imidazole rings is 1. The summed E-state index contributed by atoms with van der Waals surface area (Å²) in [7, 11) is 3.88. The van der Waals surface area contributed by atoms with Crippen molar-refractivity contribution in [1.29, 1.82) is 0 Å². The largest absolute Gasteiger partial charge is 0.383 e. The van der Waals surface area contributed by atoms with Crippen LogP contribution >= 0.6 is 0 Å². The van der Waals surface area contributed by atoms with E-state index in [1.165, 1.54) is 0 Å². The lowest BCUT2D eigenvalue weighted by Crippen LogP contribution is -2.00. The summed E-state index contributed by atoms with van der Waals surface area (Å²) in [6, 6.07) is 16.3. The first-order valence-electron chi connectivity index (χ1n) is 7.88. The monoisotopic (exact) mass is 317 g/mol. The van der Waals surface area contributed by atoms with Crippen LogP contribution in [-0.2, 0) is 14.1 Å². The lowest BCUT2D eigenvalue weighted by Gasteiger charge is -2.07. The SMILES string of the molecule is Cc1ccccc1-c1nn(C)c(N)c1-c1nc2ccccc2n1C. The van der Waals surface area contributed by atoms with Crippen molar-refractivity contribution in [2.24, 2.45) is 14.1 Å². The van der Waals surface area contributed by atoms with Crippen LogP contribution in [0.15, 0.2) is 48.5 Å². The van der Waals surface area contributed by atoms with E-state index in [1.807, 2.05) is 44.4 Å². The average Bonchev–Trinajstić information content (AvgIpc) is 3.06. The predicted molar refractivity (Wildman–Crippen MR) is 97.5 cm³/mol. The van der Waals surface area contributed by atoms with Crippen molar-refractivity contribution in [2.45, 2.75) is 6.92 Å². The molecule has 4 rings (SSSR count). The summed E-state index contributed by atoms with van der Waals surface area (Å²) in [5, 5.41) is 4.67. The minimum absolute atomic E-state index is 0.617. The van der Waals surface area contributed by atoms with Gasteiger partial charge >= 0.3 is 0 Å². The lowest BCUT2D eigenvalue weighted by molar-refractivity contribution is 0.782.